The average molecular weight is 354 g/mol. The van der Waals surface area contributed by atoms with Crippen molar-refractivity contribution in [1.82, 2.24) is 5.32 Å². The van der Waals surface area contributed by atoms with Gasteiger partial charge in [0.05, 0.1) is 12.7 Å². The molecule has 6 nitrogen and oxygen atoms in total. The lowest BCUT2D eigenvalue weighted by atomic mass is 9.97. The van der Waals surface area contributed by atoms with Crippen molar-refractivity contribution in [2.45, 2.75) is 19.3 Å². The summed E-state index contributed by atoms with van der Waals surface area (Å²) in [7, 11) is 1.65. The van der Waals surface area contributed by atoms with Crippen molar-refractivity contribution in [1.29, 1.82) is 0 Å². The van der Waals surface area contributed by atoms with Crippen LogP contribution in [0.15, 0.2) is 42.5 Å². The van der Waals surface area contributed by atoms with E-state index in [1.54, 1.807) is 31.4 Å². The van der Waals surface area contributed by atoms with Crippen molar-refractivity contribution in [2.24, 2.45) is 0 Å². The van der Waals surface area contributed by atoms with Gasteiger partial charge in [0.25, 0.3) is 5.91 Å². The molecule has 2 aromatic rings. The highest BCUT2D eigenvalue weighted by Crippen LogP contribution is 2.35. The topological polar surface area (TPSA) is 76.7 Å². The Kier molecular flexibility index (Phi) is 5.41. The molecular formula is C20H22N2O4. The zero-order valence-electron chi connectivity index (χ0n) is 14.9. The molecule has 26 heavy (non-hydrogen) atoms. The van der Waals surface area contributed by atoms with E-state index in [4.69, 9.17) is 9.47 Å². The van der Waals surface area contributed by atoms with Gasteiger partial charge in [0.15, 0.2) is 0 Å². The molecule has 1 atom stereocenters. The number of hydrogen-bond donors (Lipinski definition) is 2. The number of carbonyl (C=O) groups is 2. The van der Waals surface area contributed by atoms with Gasteiger partial charge in [-0.15, -0.1) is 0 Å². The van der Waals surface area contributed by atoms with Crippen molar-refractivity contribution in [3.63, 3.8) is 0 Å². The summed E-state index contributed by atoms with van der Waals surface area (Å²) < 4.78 is 10.4. The van der Waals surface area contributed by atoms with Crippen LogP contribution >= 0.6 is 0 Å². The number of para-hydroxylation sites is 1. The van der Waals surface area contributed by atoms with Crippen molar-refractivity contribution in [3.8, 4) is 11.5 Å². The Balaban J connectivity index is 1.60. The molecule has 0 fully saturated rings. The number of hydrogen-bond acceptors (Lipinski definition) is 5. The third kappa shape index (κ3) is 3.96. The average Bonchev–Trinajstić information content (AvgIpc) is 3.03. The van der Waals surface area contributed by atoms with Gasteiger partial charge in [0, 0.05) is 31.6 Å². The Morgan fingerprint density at radius 2 is 2.04 bits per heavy atom. The lowest BCUT2D eigenvalue weighted by Crippen LogP contribution is -2.26. The molecule has 0 saturated carbocycles. The molecular weight excluding hydrogens is 332 g/mol. The predicted molar refractivity (Wildman–Crippen MR) is 98.9 cm³/mol. The summed E-state index contributed by atoms with van der Waals surface area (Å²) in [5.41, 5.74) is 2.68. The van der Waals surface area contributed by atoms with Gasteiger partial charge >= 0.3 is 5.97 Å². The monoisotopic (exact) mass is 354 g/mol. The molecule has 0 spiro atoms. The number of benzene rings is 2. The second-order valence-corrected chi connectivity index (χ2v) is 6.17. The van der Waals surface area contributed by atoms with Crippen LogP contribution in [0.25, 0.3) is 0 Å². The zero-order chi connectivity index (χ0) is 18.5. The number of anilines is 1. The van der Waals surface area contributed by atoms with E-state index in [1.165, 1.54) is 12.5 Å². The van der Waals surface area contributed by atoms with Crippen molar-refractivity contribution < 1.29 is 19.1 Å². The molecule has 0 radical (unpaired) electrons. The first-order valence-corrected chi connectivity index (χ1v) is 8.56. The third-order valence-electron chi connectivity index (χ3n) is 4.40. The molecule has 3 rings (SSSR count). The summed E-state index contributed by atoms with van der Waals surface area (Å²) in [4.78, 5) is 23.6. The van der Waals surface area contributed by atoms with E-state index in [0.717, 1.165) is 24.4 Å². The minimum absolute atomic E-state index is 0.251. The SMILES string of the molecule is COc1ccc2c(c1)C(CCNC(=O)c1ccccc1OC(C)=O)CN2. The Hall–Kier alpha value is -3.02. The van der Waals surface area contributed by atoms with Crippen LogP contribution in [0, 0.1) is 0 Å². The molecule has 0 bridgehead atoms. The van der Waals surface area contributed by atoms with Gasteiger partial charge in [0.1, 0.15) is 11.5 Å². The Morgan fingerprint density at radius 1 is 1.23 bits per heavy atom. The molecule has 1 amide bonds. The van der Waals surface area contributed by atoms with Gasteiger partial charge in [-0.2, -0.15) is 0 Å². The van der Waals surface area contributed by atoms with E-state index in [2.05, 4.69) is 10.6 Å². The molecule has 2 aromatic carbocycles. The quantitative estimate of drug-likeness (QED) is 0.616. The van der Waals surface area contributed by atoms with E-state index in [1.807, 2.05) is 18.2 Å². The van der Waals surface area contributed by atoms with E-state index in [-0.39, 0.29) is 11.7 Å². The summed E-state index contributed by atoms with van der Waals surface area (Å²) in [5.74, 6) is 0.711. The molecule has 0 aliphatic carbocycles. The van der Waals surface area contributed by atoms with Crippen LogP contribution < -0.4 is 20.1 Å². The number of rotatable bonds is 6. The van der Waals surface area contributed by atoms with E-state index in [0.29, 0.717) is 18.0 Å². The summed E-state index contributed by atoms with van der Waals surface area (Å²) in [5, 5.41) is 6.29. The molecule has 1 aliphatic heterocycles. The van der Waals surface area contributed by atoms with Crippen LogP contribution in [0.3, 0.4) is 0 Å². The summed E-state index contributed by atoms with van der Waals surface area (Å²) in [6.45, 7) is 2.67. The van der Waals surface area contributed by atoms with Gasteiger partial charge in [-0.05, 0) is 42.3 Å². The van der Waals surface area contributed by atoms with Crippen LogP contribution in [0.2, 0.25) is 0 Å². The van der Waals surface area contributed by atoms with Gasteiger partial charge < -0.3 is 20.1 Å². The molecule has 0 aromatic heterocycles. The van der Waals surface area contributed by atoms with E-state index in [9.17, 15) is 9.59 Å². The minimum Gasteiger partial charge on any atom is -0.497 e. The van der Waals surface area contributed by atoms with Gasteiger partial charge in [-0.25, -0.2) is 0 Å². The summed E-state index contributed by atoms with van der Waals surface area (Å²) in [6.07, 6.45) is 0.800. The maximum absolute atomic E-state index is 12.4. The van der Waals surface area contributed by atoms with Crippen LogP contribution in [-0.2, 0) is 4.79 Å². The Bertz CT molecular complexity index is 819. The number of esters is 1. The van der Waals surface area contributed by atoms with E-state index >= 15 is 0 Å². The molecule has 1 aliphatic rings. The Morgan fingerprint density at radius 3 is 2.81 bits per heavy atom. The molecule has 1 heterocycles. The fraction of sp³-hybridized carbons (Fsp3) is 0.300. The molecule has 136 valence electrons. The number of carbonyl (C=O) groups excluding carboxylic acids is 2. The van der Waals surface area contributed by atoms with Gasteiger partial charge in [0.2, 0.25) is 0 Å². The fourth-order valence-electron chi connectivity index (χ4n) is 3.12. The summed E-state index contributed by atoms with van der Waals surface area (Å²) in [6, 6.07) is 12.7. The highest BCUT2D eigenvalue weighted by Gasteiger charge is 2.23. The zero-order valence-corrected chi connectivity index (χ0v) is 14.9. The third-order valence-corrected chi connectivity index (χ3v) is 4.40. The molecule has 2 N–H and O–H groups in total. The molecule has 0 saturated heterocycles. The van der Waals surface area contributed by atoms with E-state index < -0.39 is 5.97 Å². The minimum atomic E-state index is -0.451. The van der Waals surface area contributed by atoms with Gasteiger partial charge in [-0.1, -0.05) is 12.1 Å². The lowest BCUT2D eigenvalue weighted by Gasteiger charge is -2.13. The van der Waals surface area contributed by atoms with Gasteiger partial charge in [-0.3, -0.25) is 9.59 Å². The largest absolute Gasteiger partial charge is 0.497 e. The maximum Gasteiger partial charge on any atom is 0.308 e. The maximum atomic E-state index is 12.4. The smallest absolute Gasteiger partial charge is 0.308 e. The fourth-order valence-corrected chi connectivity index (χ4v) is 3.12. The summed E-state index contributed by atoms with van der Waals surface area (Å²) >= 11 is 0. The highest BCUT2D eigenvalue weighted by molar-refractivity contribution is 5.97. The first-order valence-electron chi connectivity index (χ1n) is 8.56. The van der Waals surface area contributed by atoms with Crippen LogP contribution in [-0.4, -0.2) is 32.1 Å². The van der Waals surface area contributed by atoms with Crippen LogP contribution in [0.5, 0.6) is 11.5 Å². The number of amides is 1. The first-order chi connectivity index (χ1) is 12.6. The standard InChI is InChI=1S/C20H22N2O4/c1-13(23)26-19-6-4-3-5-16(19)20(24)21-10-9-14-12-22-18-8-7-15(25-2)11-17(14)18/h3-8,11,14,22H,9-10,12H2,1-2H3,(H,21,24). The van der Waals surface area contributed by atoms with Crippen molar-refractivity contribution >= 4 is 17.6 Å². The first kappa shape index (κ1) is 17.8. The Labute approximate surface area is 152 Å². The van der Waals surface area contributed by atoms with Crippen molar-refractivity contribution in [2.75, 3.05) is 25.5 Å². The molecule has 6 heteroatoms. The van der Waals surface area contributed by atoms with Crippen LogP contribution in [0.4, 0.5) is 5.69 Å². The lowest BCUT2D eigenvalue weighted by molar-refractivity contribution is -0.131. The second-order valence-electron chi connectivity index (χ2n) is 6.17. The number of nitrogens with one attached hydrogen (secondary N) is 2. The molecule has 1 unspecified atom stereocenters. The normalized spacial score (nSPS) is 14.9. The number of methoxy groups -OCH3 is 1. The van der Waals surface area contributed by atoms with Crippen LogP contribution in [0.1, 0.15) is 35.2 Å². The van der Waals surface area contributed by atoms with Crippen molar-refractivity contribution in [3.05, 3.63) is 53.6 Å². The predicted octanol–water partition coefficient (Wildman–Crippen LogP) is 2.95. The highest BCUT2D eigenvalue weighted by atomic mass is 16.5. The second kappa shape index (κ2) is 7.91. The number of fused-ring (bicyclic) bond motifs is 1. The number of ether oxygens (including phenoxy) is 2.